The first kappa shape index (κ1) is 13.4. The van der Waals surface area contributed by atoms with Gasteiger partial charge >= 0.3 is 0 Å². The van der Waals surface area contributed by atoms with E-state index in [-0.39, 0.29) is 5.91 Å². The lowest BCUT2D eigenvalue weighted by molar-refractivity contribution is 0.102. The van der Waals surface area contributed by atoms with Gasteiger partial charge in [-0.05, 0) is 31.0 Å². The van der Waals surface area contributed by atoms with E-state index < -0.39 is 0 Å². The number of ether oxygens (including phenoxy) is 1. The van der Waals surface area contributed by atoms with Gasteiger partial charge in [-0.1, -0.05) is 12.1 Å². The van der Waals surface area contributed by atoms with Crippen LogP contribution in [0.3, 0.4) is 0 Å². The van der Waals surface area contributed by atoms with Crippen LogP contribution in [0, 0.1) is 0 Å². The number of carbonyl (C=O) groups is 1. The lowest BCUT2D eigenvalue weighted by atomic mass is 10.2. The number of para-hydroxylation sites is 2. The van der Waals surface area contributed by atoms with Gasteiger partial charge in [0.2, 0.25) is 5.95 Å². The topological polar surface area (TPSA) is 76.1 Å². The molecule has 1 aromatic carbocycles. The summed E-state index contributed by atoms with van der Waals surface area (Å²) in [5.41, 5.74) is 0.930. The average Bonchev–Trinajstić information content (AvgIpc) is 3.32. The second-order valence-electron chi connectivity index (χ2n) is 4.84. The maximum absolute atomic E-state index is 12.3. The number of aromatic nitrogens is 2. The molecule has 0 aliphatic heterocycles. The molecule has 2 N–H and O–H groups in total. The van der Waals surface area contributed by atoms with Crippen molar-refractivity contribution in [1.29, 1.82) is 0 Å². The summed E-state index contributed by atoms with van der Waals surface area (Å²) in [5.74, 6) is 0.808. The summed E-state index contributed by atoms with van der Waals surface area (Å²) in [4.78, 5) is 20.6. The Balaban J connectivity index is 1.75. The van der Waals surface area contributed by atoms with Crippen molar-refractivity contribution in [2.24, 2.45) is 0 Å². The van der Waals surface area contributed by atoms with Crippen LogP contribution in [-0.4, -0.2) is 29.0 Å². The van der Waals surface area contributed by atoms with Gasteiger partial charge in [0.05, 0.1) is 12.8 Å². The molecule has 1 saturated carbocycles. The summed E-state index contributed by atoms with van der Waals surface area (Å²) in [7, 11) is 1.56. The first-order valence-electron chi connectivity index (χ1n) is 6.80. The van der Waals surface area contributed by atoms with Gasteiger partial charge in [0, 0.05) is 12.2 Å². The van der Waals surface area contributed by atoms with Crippen LogP contribution >= 0.6 is 0 Å². The Morgan fingerprint density at radius 3 is 2.86 bits per heavy atom. The molecule has 0 bridgehead atoms. The van der Waals surface area contributed by atoms with E-state index >= 15 is 0 Å². The highest BCUT2D eigenvalue weighted by atomic mass is 16.5. The molecule has 1 aliphatic rings. The monoisotopic (exact) mass is 284 g/mol. The Morgan fingerprint density at radius 1 is 1.29 bits per heavy atom. The number of anilines is 2. The summed E-state index contributed by atoms with van der Waals surface area (Å²) in [6.07, 6.45) is 3.83. The van der Waals surface area contributed by atoms with Crippen LogP contribution < -0.4 is 15.4 Å². The lowest BCUT2D eigenvalue weighted by Gasteiger charge is -2.10. The molecule has 0 unspecified atom stereocenters. The highest BCUT2D eigenvalue weighted by molar-refractivity contribution is 6.03. The van der Waals surface area contributed by atoms with Crippen LogP contribution in [0.1, 0.15) is 23.3 Å². The maximum atomic E-state index is 12.3. The third-order valence-corrected chi connectivity index (χ3v) is 3.15. The SMILES string of the molecule is COc1ccccc1NC(=O)c1ccnc(NC2CC2)n1. The number of hydrogen-bond acceptors (Lipinski definition) is 5. The van der Waals surface area contributed by atoms with Crippen LogP contribution in [0.4, 0.5) is 11.6 Å². The molecule has 6 heteroatoms. The van der Waals surface area contributed by atoms with Gasteiger partial charge in [-0.15, -0.1) is 0 Å². The molecule has 2 aromatic rings. The summed E-state index contributed by atoms with van der Waals surface area (Å²) in [6, 6.07) is 9.27. The van der Waals surface area contributed by atoms with Crippen molar-refractivity contribution in [2.45, 2.75) is 18.9 Å². The van der Waals surface area contributed by atoms with Crippen LogP contribution in [0.5, 0.6) is 5.75 Å². The fourth-order valence-corrected chi connectivity index (χ4v) is 1.90. The van der Waals surface area contributed by atoms with Gasteiger partial charge in [0.1, 0.15) is 11.4 Å². The predicted octanol–water partition coefficient (Wildman–Crippen LogP) is 2.31. The summed E-state index contributed by atoms with van der Waals surface area (Å²) < 4.78 is 5.21. The lowest BCUT2D eigenvalue weighted by Crippen LogP contribution is -2.16. The number of benzene rings is 1. The quantitative estimate of drug-likeness (QED) is 0.881. The average molecular weight is 284 g/mol. The van der Waals surface area contributed by atoms with E-state index in [2.05, 4.69) is 20.6 Å². The minimum atomic E-state index is -0.291. The van der Waals surface area contributed by atoms with E-state index in [0.717, 1.165) is 12.8 Å². The fourth-order valence-electron chi connectivity index (χ4n) is 1.90. The van der Waals surface area contributed by atoms with Gasteiger partial charge in [0.25, 0.3) is 5.91 Å². The number of rotatable bonds is 5. The number of hydrogen-bond donors (Lipinski definition) is 2. The molecule has 0 atom stereocenters. The van der Waals surface area contributed by atoms with E-state index in [1.54, 1.807) is 31.5 Å². The zero-order valence-electron chi connectivity index (χ0n) is 11.7. The molecular weight excluding hydrogens is 268 g/mol. The van der Waals surface area contributed by atoms with E-state index in [9.17, 15) is 4.79 Å². The highest BCUT2D eigenvalue weighted by Crippen LogP contribution is 2.24. The largest absolute Gasteiger partial charge is 0.495 e. The Labute approximate surface area is 122 Å². The Morgan fingerprint density at radius 2 is 2.10 bits per heavy atom. The molecule has 21 heavy (non-hydrogen) atoms. The summed E-state index contributed by atoms with van der Waals surface area (Å²) >= 11 is 0. The van der Waals surface area contributed by atoms with Crippen molar-refractivity contribution >= 4 is 17.5 Å². The summed E-state index contributed by atoms with van der Waals surface area (Å²) in [5, 5.41) is 5.96. The molecule has 1 aliphatic carbocycles. The number of carbonyl (C=O) groups excluding carboxylic acids is 1. The zero-order chi connectivity index (χ0) is 14.7. The molecule has 0 spiro atoms. The van der Waals surface area contributed by atoms with Gasteiger partial charge in [0.15, 0.2) is 0 Å². The van der Waals surface area contributed by atoms with E-state index in [1.165, 1.54) is 0 Å². The minimum Gasteiger partial charge on any atom is -0.495 e. The molecule has 1 heterocycles. The van der Waals surface area contributed by atoms with Gasteiger partial charge in [-0.25, -0.2) is 9.97 Å². The zero-order valence-corrected chi connectivity index (χ0v) is 11.7. The molecule has 108 valence electrons. The van der Waals surface area contributed by atoms with Crippen molar-refractivity contribution in [3.8, 4) is 5.75 Å². The minimum absolute atomic E-state index is 0.291. The van der Waals surface area contributed by atoms with Gasteiger partial charge in [-0.2, -0.15) is 0 Å². The smallest absolute Gasteiger partial charge is 0.274 e. The molecule has 1 fully saturated rings. The Hall–Kier alpha value is -2.63. The second kappa shape index (κ2) is 5.78. The maximum Gasteiger partial charge on any atom is 0.274 e. The Kier molecular flexibility index (Phi) is 3.68. The van der Waals surface area contributed by atoms with E-state index in [4.69, 9.17) is 4.74 Å². The van der Waals surface area contributed by atoms with Crippen molar-refractivity contribution in [3.63, 3.8) is 0 Å². The normalized spacial score (nSPS) is 13.6. The summed E-state index contributed by atoms with van der Waals surface area (Å²) in [6.45, 7) is 0. The van der Waals surface area contributed by atoms with E-state index in [0.29, 0.717) is 29.1 Å². The molecule has 0 saturated heterocycles. The van der Waals surface area contributed by atoms with Crippen molar-refractivity contribution < 1.29 is 9.53 Å². The Bertz CT molecular complexity index is 656. The number of methoxy groups -OCH3 is 1. The van der Waals surface area contributed by atoms with Crippen LogP contribution in [-0.2, 0) is 0 Å². The van der Waals surface area contributed by atoms with Crippen LogP contribution in [0.2, 0.25) is 0 Å². The number of nitrogens with one attached hydrogen (secondary N) is 2. The molecule has 6 nitrogen and oxygen atoms in total. The van der Waals surface area contributed by atoms with Crippen LogP contribution in [0.15, 0.2) is 36.5 Å². The van der Waals surface area contributed by atoms with Crippen molar-refractivity contribution in [3.05, 3.63) is 42.2 Å². The number of nitrogens with zero attached hydrogens (tertiary/aromatic N) is 2. The first-order chi connectivity index (χ1) is 10.3. The highest BCUT2D eigenvalue weighted by Gasteiger charge is 2.22. The standard InChI is InChI=1S/C15H16N4O2/c1-21-13-5-3-2-4-11(13)18-14(20)12-8-9-16-15(19-12)17-10-6-7-10/h2-5,8-10H,6-7H2,1H3,(H,18,20)(H,16,17,19). The van der Waals surface area contributed by atoms with Crippen molar-refractivity contribution in [2.75, 3.05) is 17.7 Å². The molecular formula is C15H16N4O2. The van der Waals surface area contributed by atoms with E-state index in [1.807, 2.05) is 12.1 Å². The molecule has 1 amide bonds. The molecule has 1 aromatic heterocycles. The second-order valence-corrected chi connectivity index (χ2v) is 4.84. The van der Waals surface area contributed by atoms with Crippen molar-refractivity contribution in [1.82, 2.24) is 9.97 Å². The van der Waals surface area contributed by atoms with Gasteiger partial charge < -0.3 is 15.4 Å². The van der Waals surface area contributed by atoms with Gasteiger partial charge in [-0.3, -0.25) is 4.79 Å². The number of amides is 1. The third-order valence-electron chi connectivity index (χ3n) is 3.15. The fraction of sp³-hybridized carbons (Fsp3) is 0.267. The molecule has 3 rings (SSSR count). The van der Waals surface area contributed by atoms with Crippen LogP contribution in [0.25, 0.3) is 0 Å². The predicted molar refractivity (Wildman–Crippen MR) is 79.6 cm³/mol. The molecule has 0 radical (unpaired) electrons. The first-order valence-corrected chi connectivity index (χ1v) is 6.80. The third kappa shape index (κ3) is 3.28.